The number of alkyl halides is 3. The number of nitrogens with zero attached hydrogens (tertiary/aromatic N) is 1. The normalized spacial score (nSPS) is 12.0. The fourth-order valence-electron chi connectivity index (χ4n) is 1.71. The Morgan fingerprint density at radius 2 is 1.57 bits per heavy atom. The van der Waals surface area contributed by atoms with Crippen molar-refractivity contribution < 1.29 is 30.7 Å². The van der Waals surface area contributed by atoms with Crippen molar-refractivity contribution in [2.75, 3.05) is 0 Å². The van der Waals surface area contributed by atoms with Crippen LogP contribution in [0.25, 0.3) is 0 Å². The van der Waals surface area contributed by atoms with E-state index in [1.54, 1.807) is 0 Å². The fourth-order valence-corrected chi connectivity index (χ4v) is 2.87. The lowest BCUT2D eigenvalue weighted by atomic mass is 10.2. The number of nitro groups is 1. The number of non-ortho nitro benzene ring substituents is 1. The summed E-state index contributed by atoms with van der Waals surface area (Å²) in [5.41, 5.74) is -1.67. The van der Waals surface area contributed by atoms with E-state index in [1.165, 1.54) is 0 Å². The molecule has 0 aliphatic heterocycles. The van der Waals surface area contributed by atoms with Crippen LogP contribution < -0.4 is 4.18 Å². The molecule has 2 rings (SSSR count). The Labute approximate surface area is 128 Å². The highest BCUT2D eigenvalue weighted by Gasteiger charge is 2.37. The van der Waals surface area contributed by atoms with Crippen LogP contribution in [0.1, 0.15) is 5.56 Å². The van der Waals surface area contributed by atoms with Crippen molar-refractivity contribution in [3.8, 4) is 5.75 Å². The van der Waals surface area contributed by atoms with Gasteiger partial charge >= 0.3 is 16.3 Å². The SMILES string of the molecule is O=[N+]([O-])c1ccc(OS(=O)(=O)c2ccccc2C(F)(F)F)cc1. The Bertz CT molecular complexity index is 831. The van der Waals surface area contributed by atoms with Crippen LogP contribution in [0.15, 0.2) is 53.4 Å². The van der Waals surface area contributed by atoms with Crippen LogP contribution >= 0.6 is 0 Å². The van der Waals surface area contributed by atoms with E-state index in [1.807, 2.05) is 0 Å². The Kier molecular flexibility index (Phi) is 4.28. The third-order valence-electron chi connectivity index (χ3n) is 2.72. The molecule has 0 aliphatic carbocycles. The van der Waals surface area contributed by atoms with Gasteiger partial charge in [0.25, 0.3) is 5.69 Å². The van der Waals surface area contributed by atoms with Crippen molar-refractivity contribution >= 4 is 15.8 Å². The zero-order chi connectivity index (χ0) is 17.3. The predicted octanol–water partition coefficient (Wildman–Crippen LogP) is 3.38. The number of rotatable bonds is 4. The van der Waals surface area contributed by atoms with E-state index in [9.17, 15) is 31.7 Å². The molecule has 0 radical (unpaired) electrons. The van der Waals surface area contributed by atoms with Gasteiger partial charge in [-0.15, -0.1) is 0 Å². The second-order valence-corrected chi connectivity index (χ2v) is 5.80. The smallest absolute Gasteiger partial charge is 0.379 e. The monoisotopic (exact) mass is 347 g/mol. The molecule has 0 aromatic heterocycles. The lowest BCUT2D eigenvalue weighted by Crippen LogP contribution is -2.17. The first kappa shape index (κ1) is 16.7. The number of halogens is 3. The zero-order valence-corrected chi connectivity index (χ0v) is 12.0. The molecular formula is C13H8F3NO5S. The Morgan fingerprint density at radius 1 is 1.00 bits per heavy atom. The molecule has 122 valence electrons. The first-order chi connectivity index (χ1) is 10.6. The highest BCUT2D eigenvalue weighted by Crippen LogP contribution is 2.35. The molecule has 2 aromatic carbocycles. The van der Waals surface area contributed by atoms with Crippen LogP contribution in [0.5, 0.6) is 5.75 Å². The fraction of sp³-hybridized carbons (Fsp3) is 0.0769. The summed E-state index contributed by atoms with van der Waals surface area (Å²) < 4.78 is 67.3. The van der Waals surface area contributed by atoms with Crippen molar-refractivity contribution in [3.63, 3.8) is 0 Å². The summed E-state index contributed by atoms with van der Waals surface area (Å²) in [6, 6.07) is 7.46. The van der Waals surface area contributed by atoms with E-state index in [0.29, 0.717) is 6.07 Å². The summed E-state index contributed by atoms with van der Waals surface area (Å²) in [5, 5.41) is 10.5. The molecule has 2 aromatic rings. The second-order valence-electron chi connectivity index (χ2n) is 4.28. The molecule has 23 heavy (non-hydrogen) atoms. The molecule has 0 saturated heterocycles. The molecule has 0 N–H and O–H groups in total. The molecule has 0 atom stereocenters. The van der Waals surface area contributed by atoms with Crippen LogP contribution in [0.4, 0.5) is 18.9 Å². The summed E-state index contributed by atoms with van der Waals surface area (Å²) in [6.07, 6.45) is -4.87. The minimum absolute atomic E-state index is 0.314. The van der Waals surface area contributed by atoms with Crippen LogP contribution in [-0.2, 0) is 16.3 Å². The van der Waals surface area contributed by atoms with Gasteiger partial charge < -0.3 is 4.18 Å². The lowest BCUT2D eigenvalue weighted by molar-refractivity contribution is -0.384. The van der Waals surface area contributed by atoms with Gasteiger partial charge in [-0.25, -0.2) is 0 Å². The maximum atomic E-state index is 12.9. The van der Waals surface area contributed by atoms with E-state index in [2.05, 4.69) is 4.18 Å². The molecule has 0 heterocycles. The maximum absolute atomic E-state index is 12.9. The summed E-state index contributed by atoms with van der Waals surface area (Å²) in [5.74, 6) is -0.340. The van der Waals surface area contributed by atoms with Crippen LogP contribution in [0.3, 0.4) is 0 Å². The van der Waals surface area contributed by atoms with E-state index in [-0.39, 0.29) is 11.4 Å². The standard InChI is InChI=1S/C13H8F3NO5S/c14-13(15,16)11-3-1-2-4-12(11)23(20,21)22-10-7-5-9(6-8-10)17(18)19/h1-8H. The van der Waals surface area contributed by atoms with Gasteiger partial charge in [-0.2, -0.15) is 21.6 Å². The highest BCUT2D eigenvalue weighted by molar-refractivity contribution is 7.87. The third-order valence-corrected chi connectivity index (χ3v) is 4.02. The molecule has 0 bridgehead atoms. The van der Waals surface area contributed by atoms with Crippen molar-refractivity contribution in [2.24, 2.45) is 0 Å². The first-order valence-corrected chi connectivity index (χ1v) is 7.37. The van der Waals surface area contributed by atoms with E-state index < -0.39 is 31.7 Å². The van der Waals surface area contributed by atoms with Gasteiger partial charge in [0, 0.05) is 12.1 Å². The average molecular weight is 347 g/mol. The summed E-state index contributed by atoms with van der Waals surface area (Å²) in [6.45, 7) is 0. The van der Waals surface area contributed by atoms with E-state index in [0.717, 1.165) is 42.5 Å². The van der Waals surface area contributed by atoms with Gasteiger partial charge in [-0.1, -0.05) is 12.1 Å². The van der Waals surface area contributed by atoms with Crippen LogP contribution in [-0.4, -0.2) is 13.3 Å². The number of nitro benzene ring substituents is 1. The summed E-state index contributed by atoms with van der Waals surface area (Å²) >= 11 is 0. The van der Waals surface area contributed by atoms with Gasteiger partial charge in [0.1, 0.15) is 10.6 Å². The van der Waals surface area contributed by atoms with Crippen molar-refractivity contribution in [1.29, 1.82) is 0 Å². The number of hydrogen-bond donors (Lipinski definition) is 0. The summed E-state index contributed by atoms with van der Waals surface area (Å²) in [4.78, 5) is 8.75. The van der Waals surface area contributed by atoms with Gasteiger partial charge in [0.05, 0.1) is 10.5 Å². The quantitative estimate of drug-likeness (QED) is 0.481. The predicted molar refractivity (Wildman–Crippen MR) is 72.4 cm³/mol. The largest absolute Gasteiger partial charge is 0.417 e. The van der Waals surface area contributed by atoms with Gasteiger partial charge in [0.15, 0.2) is 0 Å². The molecule has 0 aliphatic rings. The van der Waals surface area contributed by atoms with Gasteiger partial charge in [0.2, 0.25) is 0 Å². The lowest BCUT2D eigenvalue weighted by Gasteiger charge is -2.13. The summed E-state index contributed by atoms with van der Waals surface area (Å²) in [7, 11) is -4.75. The van der Waals surface area contributed by atoms with Crippen molar-refractivity contribution in [2.45, 2.75) is 11.1 Å². The highest BCUT2D eigenvalue weighted by atomic mass is 32.2. The topological polar surface area (TPSA) is 86.5 Å². The minimum Gasteiger partial charge on any atom is -0.379 e. The molecule has 0 unspecified atom stereocenters. The molecule has 0 saturated carbocycles. The molecule has 6 nitrogen and oxygen atoms in total. The Balaban J connectivity index is 2.38. The molecule has 0 fully saturated rings. The van der Waals surface area contributed by atoms with Crippen LogP contribution in [0.2, 0.25) is 0 Å². The first-order valence-electron chi connectivity index (χ1n) is 5.96. The van der Waals surface area contributed by atoms with Crippen LogP contribution in [0, 0.1) is 10.1 Å². The second kappa shape index (κ2) is 5.88. The van der Waals surface area contributed by atoms with Crippen molar-refractivity contribution in [3.05, 3.63) is 64.2 Å². The van der Waals surface area contributed by atoms with Gasteiger partial charge in [-0.3, -0.25) is 10.1 Å². The van der Waals surface area contributed by atoms with Crippen molar-refractivity contribution in [1.82, 2.24) is 0 Å². The maximum Gasteiger partial charge on any atom is 0.417 e. The average Bonchev–Trinajstić information content (AvgIpc) is 2.46. The minimum atomic E-state index is -4.87. The van der Waals surface area contributed by atoms with Gasteiger partial charge in [-0.05, 0) is 24.3 Å². The third kappa shape index (κ3) is 3.77. The Hall–Kier alpha value is -2.62. The number of hydrogen-bond acceptors (Lipinski definition) is 5. The molecule has 0 spiro atoms. The van der Waals surface area contributed by atoms with E-state index >= 15 is 0 Å². The number of benzene rings is 2. The molecule has 0 amide bonds. The Morgan fingerprint density at radius 3 is 2.09 bits per heavy atom. The molecular weight excluding hydrogens is 339 g/mol. The zero-order valence-electron chi connectivity index (χ0n) is 11.1. The molecule has 10 heteroatoms. The van der Waals surface area contributed by atoms with E-state index in [4.69, 9.17) is 0 Å².